The van der Waals surface area contributed by atoms with Crippen LogP contribution in [0, 0.1) is 5.82 Å². The number of nitrogens with zero attached hydrogens (tertiary/aromatic N) is 1. The van der Waals surface area contributed by atoms with Gasteiger partial charge < -0.3 is 0 Å². The van der Waals surface area contributed by atoms with E-state index in [9.17, 15) is 9.18 Å². The minimum absolute atomic E-state index is 0.0501. The maximum atomic E-state index is 13.4. The molecule has 0 aliphatic carbocycles. The maximum Gasteiger partial charge on any atom is 0.250 e. The molecule has 0 aliphatic rings. The number of thioether (sulfide) groups is 1. The Morgan fingerprint density at radius 3 is 2.55 bits per heavy atom. The molecule has 2 rings (SSSR count). The predicted octanol–water partition coefficient (Wildman–Crippen LogP) is 4.37. The van der Waals surface area contributed by atoms with Crippen LogP contribution >= 0.6 is 35.0 Å². The van der Waals surface area contributed by atoms with Crippen LogP contribution in [-0.2, 0) is 4.79 Å². The summed E-state index contributed by atoms with van der Waals surface area (Å²) in [7, 11) is 0. The average Bonchev–Trinajstić information content (AvgIpc) is 2.49. The number of hydrazone groups is 1. The molecule has 114 valence electrons. The molecular formula is C15H11Cl2FN2OS. The van der Waals surface area contributed by atoms with Crippen molar-refractivity contribution in [2.75, 3.05) is 5.75 Å². The van der Waals surface area contributed by atoms with Crippen molar-refractivity contribution in [3.63, 3.8) is 0 Å². The van der Waals surface area contributed by atoms with Gasteiger partial charge in [-0.1, -0.05) is 41.4 Å². The first-order chi connectivity index (χ1) is 10.6. The molecule has 0 bridgehead atoms. The topological polar surface area (TPSA) is 41.5 Å². The highest BCUT2D eigenvalue weighted by Gasteiger charge is 2.06. The maximum absolute atomic E-state index is 13.4. The minimum Gasteiger partial charge on any atom is -0.272 e. The standard InChI is InChI=1S/C15H11Cl2FN2OS/c16-11-4-3-5-12(17)10(11)8-19-20-15(21)9-22-14-7-2-1-6-13(14)18/h1-8H,9H2,(H,20,21)/b19-8-. The van der Waals surface area contributed by atoms with Crippen molar-refractivity contribution in [3.05, 3.63) is 63.9 Å². The summed E-state index contributed by atoms with van der Waals surface area (Å²) in [4.78, 5) is 12.1. The number of nitrogens with one attached hydrogen (secondary N) is 1. The fraction of sp³-hybridized carbons (Fsp3) is 0.0667. The van der Waals surface area contributed by atoms with Crippen LogP contribution in [0.2, 0.25) is 10.0 Å². The molecular weight excluding hydrogens is 346 g/mol. The van der Waals surface area contributed by atoms with Crippen molar-refractivity contribution in [2.24, 2.45) is 5.10 Å². The highest BCUT2D eigenvalue weighted by molar-refractivity contribution is 8.00. The SMILES string of the molecule is O=C(CSc1ccccc1F)N/N=C\c1c(Cl)cccc1Cl. The fourth-order valence-corrected chi connectivity index (χ4v) is 2.77. The molecule has 0 atom stereocenters. The van der Waals surface area contributed by atoms with E-state index in [0.29, 0.717) is 20.5 Å². The second-order valence-electron chi connectivity index (χ2n) is 4.15. The van der Waals surface area contributed by atoms with Gasteiger partial charge in [0.1, 0.15) is 5.82 Å². The Hall–Kier alpha value is -1.56. The van der Waals surface area contributed by atoms with Crippen LogP contribution in [-0.4, -0.2) is 17.9 Å². The smallest absolute Gasteiger partial charge is 0.250 e. The number of hydrogen-bond acceptors (Lipinski definition) is 3. The van der Waals surface area contributed by atoms with Crippen LogP contribution in [0.3, 0.4) is 0 Å². The molecule has 2 aromatic rings. The summed E-state index contributed by atoms with van der Waals surface area (Å²) in [6.07, 6.45) is 1.37. The first-order valence-electron chi connectivity index (χ1n) is 6.21. The summed E-state index contributed by atoms with van der Waals surface area (Å²) in [5.41, 5.74) is 2.87. The second-order valence-corrected chi connectivity index (χ2v) is 5.98. The minimum atomic E-state index is -0.355. The molecule has 0 aliphatic heterocycles. The third-order valence-electron chi connectivity index (χ3n) is 2.58. The van der Waals surface area contributed by atoms with Gasteiger partial charge in [-0.3, -0.25) is 4.79 Å². The molecule has 0 saturated carbocycles. The number of rotatable bonds is 5. The van der Waals surface area contributed by atoms with Gasteiger partial charge in [0.15, 0.2) is 0 Å². The van der Waals surface area contributed by atoms with E-state index in [1.807, 2.05) is 0 Å². The van der Waals surface area contributed by atoms with Crippen LogP contribution in [0.25, 0.3) is 0 Å². The molecule has 0 spiro atoms. The summed E-state index contributed by atoms with van der Waals surface area (Å²) >= 11 is 13.0. The summed E-state index contributed by atoms with van der Waals surface area (Å²) in [5.74, 6) is -0.659. The van der Waals surface area contributed by atoms with Gasteiger partial charge in [0.2, 0.25) is 5.91 Å². The zero-order valence-electron chi connectivity index (χ0n) is 11.2. The number of carbonyl (C=O) groups excluding carboxylic acids is 1. The lowest BCUT2D eigenvalue weighted by Gasteiger charge is -2.03. The van der Waals surface area contributed by atoms with Gasteiger partial charge in [-0.05, 0) is 24.3 Å². The average molecular weight is 357 g/mol. The Bertz CT molecular complexity index is 689. The van der Waals surface area contributed by atoms with Crippen molar-refractivity contribution in [3.8, 4) is 0 Å². The van der Waals surface area contributed by atoms with Gasteiger partial charge in [0.25, 0.3) is 0 Å². The highest BCUT2D eigenvalue weighted by atomic mass is 35.5. The molecule has 1 amide bonds. The van der Waals surface area contributed by atoms with E-state index in [4.69, 9.17) is 23.2 Å². The number of benzene rings is 2. The van der Waals surface area contributed by atoms with Crippen molar-refractivity contribution < 1.29 is 9.18 Å². The van der Waals surface area contributed by atoms with Crippen LogP contribution in [0.1, 0.15) is 5.56 Å². The van der Waals surface area contributed by atoms with Crippen LogP contribution in [0.5, 0.6) is 0 Å². The largest absolute Gasteiger partial charge is 0.272 e. The summed E-state index contributed by atoms with van der Waals surface area (Å²) in [5, 5.41) is 4.67. The van der Waals surface area contributed by atoms with E-state index in [0.717, 1.165) is 11.8 Å². The Morgan fingerprint density at radius 1 is 1.18 bits per heavy atom. The van der Waals surface area contributed by atoms with E-state index in [2.05, 4.69) is 10.5 Å². The molecule has 0 fully saturated rings. The molecule has 7 heteroatoms. The zero-order chi connectivity index (χ0) is 15.9. The van der Waals surface area contributed by atoms with E-state index >= 15 is 0 Å². The molecule has 2 aromatic carbocycles. The normalized spacial score (nSPS) is 10.9. The molecule has 0 unspecified atom stereocenters. The molecule has 0 radical (unpaired) electrons. The Kier molecular flexibility index (Phi) is 6.24. The van der Waals surface area contributed by atoms with E-state index in [1.54, 1.807) is 36.4 Å². The monoisotopic (exact) mass is 356 g/mol. The molecule has 0 saturated heterocycles. The van der Waals surface area contributed by atoms with Gasteiger partial charge >= 0.3 is 0 Å². The summed E-state index contributed by atoms with van der Waals surface area (Å²) < 4.78 is 13.4. The number of hydrogen-bond donors (Lipinski definition) is 1. The Labute approximate surface area is 141 Å². The van der Waals surface area contributed by atoms with Gasteiger partial charge in [-0.2, -0.15) is 5.10 Å². The van der Waals surface area contributed by atoms with Crippen molar-refractivity contribution >= 4 is 47.1 Å². The lowest BCUT2D eigenvalue weighted by molar-refractivity contribution is -0.118. The molecule has 3 nitrogen and oxygen atoms in total. The lowest BCUT2D eigenvalue weighted by Crippen LogP contribution is -2.19. The van der Waals surface area contributed by atoms with Gasteiger partial charge in [0.05, 0.1) is 22.0 Å². The van der Waals surface area contributed by atoms with Crippen molar-refractivity contribution in [1.29, 1.82) is 0 Å². The fourth-order valence-electron chi connectivity index (χ4n) is 1.54. The third-order valence-corrected chi connectivity index (χ3v) is 4.29. The van der Waals surface area contributed by atoms with E-state index in [1.165, 1.54) is 12.3 Å². The van der Waals surface area contributed by atoms with Crippen molar-refractivity contribution in [2.45, 2.75) is 4.90 Å². The predicted molar refractivity (Wildman–Crippen MR) is 89.3 cm³/mol. The highest BCUT2D eigenvalue weighted by Crippen LogP contribution is 2.22. The first-order valence-corrected chi connectivity index (χ1v) is 7.95. The molecule has 22 heavy (non-hydrogen) atoms. The van der Waals surface area contributed by atoms with E-state index in [-0.39, 0.29) is 17.5 Å². The van der Waals surface area contributed by atoms with Gasteiger partial charge in [-0.25, -0.2) is 9.82 Å². The zero-order valence-corrected chi connectivity index (χ0v) is 13.6. The molecule has 1 N–H and O–H groups in total. The third kappa shape index (κ3) is 4.73. The summed E-state index contributed by atoms with van der Waals surface area (Å²) in [6.45, 7) is 0. The van der Waals surface area contributed by atoms with E-state index < -0.39 is 0 Å². The van der Waals surface area contributed by atoms with Crippen LogP contribution < -0.4 is 5.43 Å². The second kappa shape index (κ2) is 8.17. The number of carbonyl (C=O) groups is 1. The Balaban J connectivity index is 1.88. The van der Waals surface area contributed by atoms with Crippen LogP contribution in [0.15, 0.2) is 52.5 Å². The molecule has 0 heterocycles. The first kappa shape index (κ1) is 16.8. The summed E-state index contributed by atoms with van der Waals surface area (Å²) in [6, 6.07) is 11.3. The van der Waals surface area contributed by atoms with Gasteiger partial charge in [-0.15, -0.1) is 11.8 Å². The van der Waals surface area contributed by atoms with Crippen LogP contribution in [0.4, 0.5) is 4.39 Å². The quantitative estimate of drug-likeness (QED) is 0.490. The van der Waals surface area contributed by atoms with Crippen molar-refractivity contribution in [1.82, 2.24) is 5.43 Å². The Morgan fingerprint density at radius 2 is 1.86 bits per heavy atom. The number of halogens is 3. The number of amides is 1. The molecule has 0 aromatic heterocycles. The van der Waals surface area contributed by atoms with Gasteiger partial charge in [0, 0.05) is 10.5 Å². The lowest BCUT2D eigenvalue weighted by atomic mass is 10.2.